The zero-order valence-corrected chi connectivity index (χ0v) is 9.60. The quantitative estimate of drug-likeness (QED) is 0.456. The molecular weight excluding hydrogens is 194 g/mol. The van der Waals surface area contributed by atoms with Crippen molar-refractivity contribution in [2.75, 3.05) is 18.1 Å². The first-order valence-electron chi connectivity index (χ1n) is 4.75. The van der Waals surface area contributed by atoms with Crippen LogP contribution >= 0.6 is 12.6 Å². The third-order valence-corrected chi connectivity index (χ3v) is 2.50. The van der Waals surface area contributed by atoms with Crippen LogP contribution in [0.1, 0.15) is 17.5 Å². The van der Waals surface area contributed by atoms with Crippen molar-refractivity contribution >= 4 is 18.3 Å². The van der Waals surface area contributed by atoms with E-state index < -0.39 is 0 Å². The van der Waals surface area contributed by atoms with Gasteiger partial charge in [0, 0.05) is 0 Å². The first-order chi connectivity index (χ1) is 6.65. The average Bonchev–Trinajstić information content (AvgIpc) is 2.14. The van der Waals surface area contributed by atoms with E-state index in [1.54, 1.807) is 0 Å². The minimum Gasteiger partial charge on any atom is -0.491 e. The Bertz CT molecular complexity index is 312. The summed E-state index contributed by atoms with van der Waals surface area (Å²) in [4.78, 5) is 0. The molecule has 2 nitrogen and oxygen atoms in total. The first kappa shape index (κ1) is 11.2. The maximum absolute atomic E-state index is 5.83. The number of hydrogen-bond donors (Lipinski definition) is 2. The van der Waals surface area contributed by atoms with E-state index in [2.05, 4.69) is 19.6 Å². The maximum Gasteiger partial charge on any atom is 0.142 e. The molecule has 1 aromatic carbocycles. The largest absolute Gasteiger partial charge is 0.491 e. The van der Waals surface area contributed by atoms with Crippen molar-refractivity contribution in [3.63, 3.8) is 0 Å². The summed E-state index contributed by atoms with van der Waals surface area (Å²) in [7, 11) is 0. The number of ether oxygens (including phenoxy) is 1. The third kappa shape index (κ3) is 2.84. The van der Waals surface area contributed by atoms with Gasteiger partial charge in [0.1, 0.15) is 5.75 Å². The molecule has 2 N–H and O–H groups in total. The molecule has 0 heterocycles. The molecular formula is C11H17NOS. The molecule has 0 aliphatic heterocycles. The molecule has 0 bridgehead atoms. The predicted molar refractivity (Wildman–Crippen MR) is 64.3 cm³/mol. The summed E-state index contributed by atoms with van der Waals surface area (Å²) in [5.41, 5.74) is 8.95. The minimum absolute atomic E-state index is 0.677. The van der Waals surface area contributed by atoms with Crippen LogP contribution in [0.25, 0.3) is 0 Å². The number of nitrogens with two attached hydrogens (primary N) is 1. The van der Waals surface area contributed by atoms with E-state index in [-0.39, 0.29) is 0 Å². The number of anilines is 1. The lowest BCUT2D eigenvalue weighted by Crippen LogP contribution is -2.01. The monoisotopic (exact) mass is 211 g/mol. The van der Waals surface area contributed by atoms with Crippen LogP contribution in [-0.4, -0.2) is 12.4 Å². The van der Waals surface area contributed by atoms with Crippen molar-refractivity contribution in [3.05, 3.63) is 23.3 Å². The molecule has 1 aromatic rings. The van der Waals surface area contributed by atoms with E-state index in [1.807, 2.05) is 19.1 Å². The van der Waals surface area contributed by atoms with Crippen LogP contribution in [0.4, 0.5) is 5.69 Å². The molecule has 0 radical (unpaired) electrons. The number of rotatable bonds is 4. The van der Waals surface area contributed by atoms with Crippen LogP contribution in [0, 0.1) is 13.8 Å². The molecule has 0 fully saturated rings. The topological polar surface area (TPSA) is 35.2 Å². The number of benzene rings is 1. The van der Waals surface area contributed by atoms with Crippen LogP contribution in [0.3, 0.4) is 0 Å². The molecule has 1 rings (SSSR count). The number of hydrogen-bond acceptors (Lipinski definition) is 3. The second kappa shape index (κ2) is 5.15. The highest BCUT2D eigenvalue weighted by Gasteiger charge is 2.02. The van der Waals surface area contributed by atoms with Gasteiger partial charge in [-0.15, -0.1) is 0 Å². The lowest BCUT2D eigenvalue weighted by atomic mass is 10.1. The summed E-state index contributed by atoms with van der Waals surface area (Å²) >= 11 is 4.12. The van der Waals surface area contributed by atoms with E-state index >= 15 is 0 Å². The molecule has 0 atom stereocenters. The Kier molecular flexibility index (Phi) is 4.14. The van der Waals surface area contributed by atoms with E-state index in [0.717, 1.165) is 17.9 Å². The van der Waals surface area contributed by atoms with E-state index in [1.165, 1.54) is 11.1 Å². The molecule has 0 aliphatic carbocycles. The van der Waals surface area contributed by atoms with Crippen LogP contribution in [0.5, 0.6) is 5.75 Å². The highest BCUT2D eigenvalue weighted by atomic mass is 32.1. The van der Waals surface area contributed by atoms with Gasteiger partial charge in [-0.25, -0.2) is 0 Å². The summed E-state index contributed by atoms with van der Waals surface area (Å²) in [6.07, 6.45) is 0.940. The zero-order valence-electron chi connectivity index (χ0n) is 8.71. The first-order valence-corrected chi connectivity index (χ1v) is 5.38. The number of thiol groups is 1. The molecule has 0 aromatic heterocycles. The summed E-state index contributed by atoms with van der Waals surface area (Å²) in [5, 5.41) is 0. The lowest BCUT2D eigenvalue weighted by Gasteiger charge is -2.10. The Labute approximate surface area is 90.9 Å². The van der Waals surface area contributed by atoms with Crippen molar-refractivity contribution in [1.29, 1.82) is 0 Å². The second-order valence-electron chi connectivity index (χ2n) is 3.40. The molecule has 0 saturated heterocycles. The average molecular weight is 211 g/mol. The zero-order chi connectivity index (χ0) is 10.6. The molecule has 0 unspecified atom stereocenters. The molecule has 14 heavy (non-hydrogen) atoms. The van der Waals surface area contributed by atoms with Crippen molar-refractivity contribution in [2.24, 2.45) is 0 Å². The third-order valence-electron chi connectivity index (χ3n) is 2.19. The van der Waals surface area contributed by atoms with Crippen LogP contribution in [0.15, 0.2) is 12.1 Å². The van der Waals surface area contributed by atoms with Crippen molar-refractivity contribution in [1.82, 2.24) is 0 Å². The Morgan fingerprint density at radius 3 is 2.57 bits per heavy atom. The molecule has 0 aliphatic rings. The smallest absolute Gasteiger partial charge is 0.142 e. The van der Waals surface area contributed by atoms with Gasteiger partial charge in [0.2, 0.25) is 0 Å². The Morgan fingerprint density at radius 1 is 1.29 bits per heavy atom. The fourth-order valence-electron chi connectivity index (χ4n) is 1.18. The Hall–Kier alpha value is -0.830. The van der Waals surface area contributed by atoms with Crippen molar-refractivity contribution in [3.8, 4) is 5.75 Å². The van der Waals surface area contributed by atoms with Gasteiger partial charge in [-0.05, 0) is 49.3 Å². The molecule has 0 saturated carbocycles. The predicted octanol–water partition coefficient (Wildman–Crippen LogP) is 2.58. The Morgan fingerprint density at radius 2 is 1.93 bits per heavy atom. The fourth-order valence-corrected chi connectivity index (χ4v) is 1.31. The second-order valence-corrected chi connectivity index (χ2v) is 3.85. The van der Waals surface area contributed by atoms with Gasteiger partial charge in [-0.3, -0.25) is 0 Å². The van der Waals surface area contributed by atoms with Crippen LogP contribution < -0.4 is 10.5 Å². The SMILES string of the molecule is Cc1cc(N)c(OCCCS)cc1C. The van der Waals surface area contributed by atoms with E-state index in [4.69, 9.17) is 10.5 Å². The van der Waals surface area contributed by atoms with Crippen molar-refractivity contribution < 1.29 is 4.74 Å². The van der Waals surface area contributed by atoms with E-state index in [0.29, 0.717) is 12.3 Å². The number of nitrogen functional groups attached to an aromatic ring is 1. The van der Waals surface area contributed by atoms with Gasteiger partial charge in [0.25, 0.3) is 0 Å². The van der Waals surface area contributed by atoms with Crippen LogP contribution in [-0.2, 0) is 0 Å². The van der Waals surface area contributed by atoms with Gasteiger partial charge < -0.3 is 10.5 Å². The summed E-state index contributed by atoms with van der Waals surface area (Å²) < 4.78 is 5.54. The molecule has 3 heteroatoms. The summed E-state index contributed by atoms with van der Waals surface area (Å²) in [5.74, 6) is 1.62. The van der Waals surface area contributed by atoms with Crippen LogP contribution in [0.2, 0.25) is 0 Å². The molecule has 0 amide bonds. The van der Waals surface area contributed by atoms with Gasteiger partial charge in [-0.2, -0.15) is 12.6 Å². The summed E-state index contributed by atoms with van der Waals surface area (Å²) in [6, 6.07) is 3.94. The van der Waals surface area contributed by atoms with Crippen molar-refractivity contribution in [2.45, 2.75) is 20.3 Å². The highest BCUT2D eigenvalue weighted by Crippen LogP contribution is 2.25. The van der Waals surface area contributed by atoms with Gasteiger partial charge in [0.15, 0.2) is 0 Å². The summed E-state index contributed by atoms with van der Waals surface area (Å²) in [6.45, 7) is 4.78. The fraction of sp³-hybridized carbons (Fsp3) is 0.455. The molecule has 78 valence electrons. The van der Waals surface area contributed by atoms with Gasteiger partial charge >= 0.3 is 0 Å². The van der Waals surface area contributed by atoms with E-state index in [9.17, 15) is 0 Å². The lowest BCUT2D eigenvalue weighted by molar-refractivity contribution is 0.320. The maximum atomic E-state index is 5.83. The van der Waals surface area contributed by atoms with Gasteiger partial charge in [0.05, 0.1) is 12.3 Å². The Balaban J connectivity index is 2.72. The highest BCUT2D eigenvalue weighted by molar-refractivity contribution is 7.80. The minimum atomic E-state index is 0.677. The van der Waals surface area contributed by atoms with Gasteiger partial charge in [-0.1, -0.05) is 0 Å². The number of aryl methyl sites for hydroxylation is 2. The normalized spacial score (nSPS) is 10.2. The standard InChI is InChI=1S/C11H17NOS/c1-8-6-10(12)11(7-9(8)2)13-4-3-5-14/h6-7,14H,3-5,12H2,1-2H3. The molecule has 0 spiro atoms.